The summed E-state index contributed by atoms with van der Waals surface area (Å²) in [6.07, 6.45) is 1.33. The number of benzene rings is 1. The van der Waals surface area contributed by atoms with Crippen molar-refractivity contribution in [2.24, 2.45) is 5.92 Å². The van der Waals surface area contributed by atoms with E-state index in [1.807, 2.05) is 38.1 Å². The van der Waals surface area contributed by atoms with Crippen molar-refractivity contribution in [3.8, 4) is 0 Å². The summed E-state index contributed by atoms with van der Waals surface area (Å²) in [5.41, 5.74) is 0.668. The molecule has 1 aliphatic heterocycles. The summed E-state index contributed by atoms with van der Waals surface area (Å²) in [6, 6.07) is 9.18. The number of para-hydroxylation sites is 1. The van der Waals surface area contributed by atoms with Gasteiger partial charge in [-0.2, -0.15) is 0 Å². The Morgan fingerprint density at radius 3 is 2.79 bits per heavy atom. The lowest BCUT2D eigenvalue weighted by molar-refractivity contribution is 0.0697. The molecule has 0 saturated carbocycles. The van der Waals surface area contributed by atoms with Gasteiger partial charge in [0.15, 0.2) is 15.6 Å². The zero-order valence-electron chi connectivity index (χ0n) is 14.1. The summed E-state index contributed by atoms with van der Waals surface area (Å²) in [5.74, 6) is 0.315. The van der Waals surface area contributed by atoms with E-state index < -0.39 is 15.1 Å². The van der Waals surface area contributed by atoms with Gasteiger partial charge in [0.25, 0.3) is 5.91 Å². The Balaban J connectivity index is 1.78. The van der Waals surface area contributed by atoms with Crippen LogP contribution in [0.2, 0.25) is 0 Å². The molecule has 1 saturated heterocycles. The van der Waals surface area contributed by atoms with Crippen LogP contribution in [0.4, 0.5) is 0 Å². The second kappa shape index (κ2) is 6.59. The van der Waals surface area contributed by atoms with E-state index in [4.69, 9.17) is 4.42 Å². The maximum absolute atomic E-state index is 12.7. The van der Waals surface area contributed by atoms with Gasteiger partial charge in [-0.25, -0.2) is 8.42 Å². The smallest absolute Gasteiger partial charge is 0.289 e. The summed E-state index contributed by atoms with van der Waals surface area (Å²) in [4.78, 5) is 14.3. The highest BCUT2D eigenvalue weighted by Gasteiger charge is 2.34. The third kappa shape index (κ3) is 3.48. The van der Waals surface area contributed by atoms with Crippen LogP contribution in [0.5, 0.6) is 0 Å². The first-order valence-corrected chi connectivity index (χ1v) is 10.1. The molecule has 1 aromatic heterocycles. The average molecular weight is 349 g/mol. The molecule has 3 rings (SSSR count). The predicted octanol–water partition coefficient (Wildman–Crippen LogP) is 3.11. The topological polar surface area (TPSA) is 67.6 Å². The highest BCUT2D eigenvalue weighted by molar-refractivity contribution is 7.92. The van der Waals surface area contributed by atoms with Gasteiger partial charge in [0.1, 0.15) is 5.58 Å². The molecule has 1 aliphatic rings. The second-order valence-corrected chi connectivity index (χ2v) is 9.21. The molecule has 130 valence electrons. The molecule has 0 N–H and O–H groups in total. The first kappa shape index (κ1) is 17.0. The minimum absolute atomic E-state index is 0.0939. The highest BCUT2D eigenvalue weighted by Crippen LogP contribution is 2.24. The summed E-state index contributed by atoms with van der Waals surface area (Å²) < 4.78 is 30.6. The van der Waals surface area contributed by atoms with Crippen molar-refractivity contribution < 1.29 is 17.6 Å². The number of carbonyl (C=O) groups excluding carboxylic acids is 1. The number of carbonyl (C=O) groups is 1. The van der Waals surface area contributed by atoms with Gasteiger partial charge in [-0.05, 0) is 30.9 Å². The molecule has 5 nitrogen and oxygen atoms in total. The number of amides is 1. The third-order valence-corrected chi connectivity index (χ3v) is 6.91. The normalized spacial score (nSPS) is 19.1. The lowest BCUT2D eigenvalue weighted by Crippen LogP contribution is -2.46. The van der Waals surface area contributed by atoms with Gasteiger partial charge < -0.3 is 9.32 Å². The number of furan rings is 1. The Bertz CT molecular complexity index is 805. The lowest BCUT2D eigenvalue weighted by atomic mass is 10.1. The van der Waals surface area contributed by atoms with Gasteiger partial charge in [-0.3, -0.25) is 4.79 Å². The van der Waals surface area contributed by atoms with E-state index in [0.717, 1.165) is 5.39 Å². The molecule has 1 amide bonds. The quantitative estimate of drug-likeness (QED) is 0.850. The number of sulfone groups is 1. The molecule has 1 atom stereocenters. The van der Waals surface area contributed by atoms with Crippen LogP contribution in [0.3, 0.4) is 0 Å². The van der Waals surface area contributed by atoms with Crippen molar-refractivity contribution in [3.05, 3.63) is 36.1 Å². The van der Waals surface area contributed by atoms with Crippen molar-refractivity contribution in [1.82, 2.24) is 4.90 Å². The van der Waals surface area contributed by atoms with E-state index in [9.17, 15) is 13.2 Å². The minimum atomic E-state index is -3.18. The van der Waals surface area contributed by atoms with E-state index in [2.05, 4.69) is 0 Å². The largest absolute Gasteiger partial charge is 0.451 e. The number of likely N-dealkylation sites (tertiary alicyclic amines) is 1. The molecule has 0 spiro atoms. The van der Waals surface area contributed by atoms with Crippen molar-refractivity contribution in [2.75, 3.05) is 18.8 Å². The SMILES string of the molecule is CC(C)CS(=O)(=O)[C@@H]1CCCN(C(=O)c2cc3ccccc3o2)C1. The molecule has 1 aromatic carbocycles. The second-order valence-electron chi connectivity index (χ2n) is 6.89. The van der Waals surface area contributed by atoms with Crippen LogP contribution < -0.4 is 0 Å². The van der Waals surface area contributed by atoms with E-state index in [1.54, 1.807) is 11.0 Å². The third-order valence-electron chi connectivity index (χ3n) is 4.38. The van der Waals surface area contributed by atoms with E-state index in [-0.39, 0.29) is 29.9 Å². The van der Waals surface area contributed by atoms with Gasteiger partial charge in [0, 0.05) is 18.5 Å². The van der Waals surface area contributed by atoms with Crippen LogP contribution in [0, 0.1) is 5.92 Å². The molecule has 2 heterocycles. The van der Waals surface area contributed by atoms with Gasteiger partial charge in [0.05, 0.1) is 11.0 Å². The number of nitrogens with zero attached hydrogens (tertiary/aromatic N) is 1. The summed E-state index contributed by atoms with van der Waals surface area (Å²) in [6.45, 7) is 4.63. The molecular weight excluding hydrogens is 326 g/mol. The fourth-order valence-electron chi connectivity index (χ4n) is 3.26. The molecule has 1 fully saturated rings. The monoisotopic (exact) mass is 349 g/mol. The molecular formula is C18H23NO4S. The molecule has 0 aliphatic carbocycles. The maximum atomic E-state index is 12.7. The standard InChI is InChI=1S/C18H23NO4S/c1-13(2)12-24(21,22)15-7-5-9-19(11-15)18(20)17-10-14-6-3-4-8-16(14)23-17/h3-4,6,8,10,13,15H,5,7,9,11-12H2,1-2H3/t15-/m1/s1. The Morgan fingerprint density at radius 2 is 2.08 bits per heavy atom. The van der Waals surface area contributed by atoms with Crippen molar-refractivity contribution >= 4 is 26.7 Å². The van der Waals surface area contributed by atoms with Crippen molar-refractivity contribution in [2.45, 2.75) is 31.9 Å². The highest BCUT2D eigenvalue weighted by atomic mass is 32.2. The zero-order chi connectivity index (χ0) is 17.3. The van der Waals surface area contributed by atoms with Crippen LogP contribution in [-0.4, -0.2) is 43.3 Å². The van der Waals surface area contributed by atoms with Crippen LogP contribution >= 0.6 is 0 Å². The molecule has 0 unspecified atom stereocenters. The fraction of sp³-hybridized carbons (Fsp3) is 0.500. The molecule has 6 heteroatoms. The Kier molecular flexibility index (Phi) is 4.67. The van der Waals surface area contributed by atoms with Gasteiger partial charge in [-0.1, -0.05) is 32.0 Å². The van der Waals surface area contributed by atoms with Gasteiger partial charge in [-0.15, -0.1) is 0 Å². The number of piperidine rings is 1. The van der Waals surface area contributed by atoms with Crippen LogP contribution in [0.25, 0.3) is 11.0 Å². The molecule has 0 radical (unpaired) electrons. The summed E-state index contributed by atoms with van der Waals surface area (Å²) in [7, 11) is -3.18. The van der Waals surface area contributed by atoms with E-state index in [1.165, 1.54) is 0 Å². The average Bonchev–Trinajstić information content (AvgIpc) is 2.97. The van der Waals surface area contributed by atoms with Crippen LogP contribution in [0.15, 0.2) is 34.7 Å². The van der Waals surface area contributed by atoms with Gasteiger partial charge >= 0.3 is 0 Å². The van der Waals surface area contributed by atoms with Crippen LogP contribution in [-0.2, 0) is 9.84 Å². The fourth-order valence-corrected chi connectivity index (χ4v) is 5.39. The van der Waals surface area contributed by atoms with Crippen molar-refractivity contribution in [1.29, 1.82) is 0 Å². The number of rotatable bonds is 4. The Labute approximate surface area is 142 Å². The first-order valence-electron chi connectivity index (χ1n) is 8.36. The minimum Gasteiger partial charge on any atom is -0.451 e. The molecule has 2 aromatic rings. The lowest BCUT2D eigenvalue weighted by Gasteiger charge is -2.32. The number of hydrogen-bond donors (Lipinski definition) is 0. The summed E-state index contributed by atoms with van der Waals surface area (Å²) >= 11 is 0. The zero-order valence-corrected chi connectivity index (χ0v) is 14.9. The molecule has 24 heavy (non-hydrogen) atoms. The van der Waals surface area contributed by atoms with E-state index in [0.29, 0.717) is 25.0 Å². The van der Waals surface area contributed by atoms with Crippen LogP contribution in [0.1, 0.15) is 37.2 Å². The Hall–Kier alpha value is -1.82. The first-order chi connectivity index (χ1) is 11.4. The molecule has 0 bridgehead atoms. The number of hydrogen-bond acceptors (Lipinski definition) is 4. The maximum Gasteiger partial charge on any atom is 0.289 e. The Morgan fingerprint density at radius 1 is 1.33 bits per heavy atom. The van der Waals surface area contributed by atoms with Gasteiger partial charge in [0.2, 0.25) is 0 Å². The summed E-state index contributed by atoms with van der Waals surface area (Å²) in [5, 5.41) is 0.406. The predicted molar refractivity (Wildman–Crippen MR) is 93.8 cm³/mol. The van der Waals surface area contributed by atoms with Crippen molar-refractivity contribution in [3.63, 3.8) is 0 Å². The number of fused-ring (bicyclic) bond motifs is 1. The van der Waals surface area contributed by atoms with E-state index >= 15 is 0 Å².